The lowest BCUT2D eigenvalue weighted by Gasteiger charge is -2.28. The van der Waals surface area contributed by atoms with Gasteiger partial charge in [0.05, 0.1) is 24.3 Å². The molecule has 1 saturated carbocycles. The quantitative estimate of drug-likeness (QED) is 0.440. The molecule has 1 aliphatic heterocycles. The summed E-state index contributed by atoms with van der Waals surface area (Å²) in [6.45, 7) is 2.71. The van der Waals surface area contributed by atoms with Crippen LogP contribution in [0.1, 0.15) is 19.3 Å². The number of hydrogen-bond acceptors (Lipinski definition) is 9. The van der Waals surface area contributed by atoms with Crippen LogP contribution in [-0.4, -0.2) is 57.1 Å². The number of nitrogens with one attached hydrogen (secondary N) is 1. The van der Waals surface area contributed by atoms with E-state index in [1.165, 1.54) is 0 Å². The average molecular weight is 483 g/mol. The highest BCUT2D eigenvalue weighted by molar-refractivity contribution is 5.93. The van der Waals surface area contributed by atoms with Gasteiger partial charge in [0, 0.05) is 48.8 Å². The van der Waals surface area contributed by atoms with Crippen molar-refractivity contribution in [2.24, 2.45) is 5.92 Å². The van der Waals surface area contributed by atoms with Gasteiger partial charge in [-0.25, -0.2) is 19.9 Å². The minimum Gasteiger partial charge on any atom is -0.378 e. The number of benzene rings is 1. The Hall–Kier alpha value is -4.18. The normalized spacial score (nSPS) is 16.1. The first kappa shape index (κ1) is 22.3. The van der Waals surface area contributed by atoms with Gasteiger partial charge in [0.15, 0.2) is 11.6 Å². The Morgan fingerprint density at radius 2 is 1.67 bits per heavy atom. The molecule has 2 aliphatic rings. The molecule has 4 heterocycles. The summed E-state index contributed by atoms with van der Waals surface area (Å²) < 4.78 is 5.53. The van der Waals surface area contributed by atoms with E-state index < -0.39 is 0 Å². The molecule has 1 saturated heterocycles. The Balaban J connectivity index is 1.36. The van der Waals surface area contributed by atoms with Crippen molar-refractivity contribution in [3.63, 3.8) is 0 Å². The number of amides is 1. The summed E-state index contributed by atoms with van der Waals surface area (Å²) in [6.07, 6.45) is 8.18. The molecular formula is C26H26N8O2. The third-order valence-corrected chi connectivity index (χ3v) is 6.72. The number of morpholine rings is 1. The second kappa shape index (κ2) is 9.46. The second-order valence-electron chi connectivity index (χ2n) is 9.09. The molecule has 36 heavy (non-hydrogen) atoms. The van der Waals surface area contributed by atoms with Gasteiger partial charge >= 0.3 is 0 Å². The van der Waals surface area contributed by atoms with Crippen molar-refractivity contribution in [3.8, 4) is 22.5 Å². The average Bonchev–Trinajstić information content (AvgIpc) is 2.88. The van der Waals surface area contributed by atoms with Gasteiger partial charge in [-0.15, -0.1) is 0 Å². The molecule has 0 radical (unpaired) electrons. The SMILES string of the molecule is Nc1ncc(-c2nc(N3CCOCC3)c3ncc(-c4ccc(NC(=O)C5CCC5)cc4)cc3n2)cn1. The van der Waals surface area contributed by atoms with Gasteiger partial charge in [-0.05, 0) is 36.6 Å². The molecule has 10 heteroatoms. The Bertz CT molecular complexity index is 1400. The number of hydrogen-bond donors (Lipinski definition) is 2. The molecule has 1 aliphatic carbocycles. The first-order valence-corrected chi connectivity index (χ1v) is 12.1. The number of nitrogens with zero attached hydrogens (tertiary/aromatic N) is 6. The molecule has 0 atom stereocenters. The van der Waals surface area contributed by atoms with Crippen LogP contribution in [0.3, 0.4) is 0 Å². The van der Waals surface area contributed by atoms with Gasteiger partial charge in [0.25, 0.3) is 0 Å². The van der Waals surface area contributed by atoms with Gasteiger partial charge < -0.3 is 20.7 Å². The minimum atomic E-state index is 0.105. The van der Waals surface area contributed by atoms with E-state index >= 15 is 0 Å². The number of anilines is 3. The molecule has 10 nitrogen and oxygen atoms in total. The topological polar surface area (TPSA) is 132 Å². The fourth-order valence-electron chi connectivity index (χ4n) is 4.40. The maximum absolute atomic E-state index is 12.3. The molecule has 1 aromatic carbocycles. The van der Waals surface area contributed by atoms with Crippen LogP contribution >= 0.6 is 0 Å². The number of nitrogen functional groups attached to an aromatic ring is 1. The summed E-state index contributed by atoms with van der Waals surface area (Å²) in [5, 5.41) is 3.01. The van der Waals surface area contributed by atoms with Crippen LogP contribution in [-0.2, 0) is 9.53 Å². The molecule has 3 aromatic heterocycles. The smallest absolute Gasteiger partial charge is 0.227 e. The van der Waals surface area contributed by atoms with Crippen LogP contribution in [0.15, 0.2) is 48.9 Å². The van der Waals surface area contributed by atoms with E-state index in [4.69, 9.17) is 25.4 Å². The predicted molar refractivity (Wildman–Crippen MR) is 137 cm³/mol. The maximum Gasteiger partial charge on any atom is 0.227 e. The van der Waals surface area contributed by atoms with E-state index in [1.807, 2.05) is 36.5 Å². The van der Waals surface area contributed by atoms with Crippen molar-refractivity contribution in [2.45, 2.75) is 19.3 Å². The van der Waals surface area contributed by atoms with Crippen molar-refractivity contribution < 1.29 is 9.53 Å². The molecule has 4 aromatic rings. The first-order chi connectivity index (χ1) is 17.6. The lowest BCUT2D eigenvalue weighted by Crippen LogP contribution is -2.37. The summed E-state index contributed by atoms with van der Waals surface area (Å²) in [4.78, 5) is 37.0. The zero-order valence-corrected chi connectivity index (χ0v) is 19.7. The predicted octanol–water partition coefficient (Wildman–Crippen LogP) is 3.31. The second-order valence-corrected chi connectivity index (χ2v) is 9.09. The number of carbonyl (C=O) groups is 1. The number of pyridine rings is 1. The van der Waals surface area contributed by atoms with Gasteiger partial charge in [0.1, 0.15) is 5.52 Å². The van der Waals surface area contributed by atoms with Crippen molar-refractivity contribution in [1.29, 1.82) is 0 Å². The van der Waals surface area contributed by atoms with Crippen LogP contribution in [0.2, 0.25) is 0 Å². The third kappa shape index (κ3) is 4.42. The lowest BCUT2D eigenvalue weighted by atomic mass is 9.85. The van der Waals surface area contributed by atoms with Crippen LogP contribution in [0.4, 0.5) is 17.5 Å². The van der Waals surface area contributed by atoms with Crippen molar-refractivity contribution in [1.82, 2.24) is 24.9 Å². The van der Waals surface area contributed by atoms with Crippen LogP contribution < -0.4 is 16.0 Å². The number of ether oxygens (including phenoxy) is 1. The first-order valence-electron chi connectivity index (χ1n) is 12.1. The van der Waals surface area contributed by atoms with Gasteiger partial charge in [-0.3, -0.25) is 9.78 Å². The lowest BCUT2D eigenvalue weighted by molar-refractivity contribution is -0.122. The molecule has 0 spiro atoms. The summed E-state index contributed by atoms with van der Waals surface area (Å²) in [7, 11) is 0. The number of nitrogens with two attached hydrogens (primary N) is 1. The summed E-state index contributed by atoms with van der Waals surface area (Å²) in [6, 6.07) is 9.83. The molecule has 0 unspecified atom stereocenters. The van der Waals surface area contributed by atoms with E-state index in [-0.39, 0.29) is 17.8 Å². The largest absolute Gasteiger partial charge is 0.378 e. The van der Waals surface area contributed by atoms with E-state index in [9.17, 15) is 4.79 Å². The molecule has 6 rings (SSSR count). The molecular weight excluding hydrogens is 456 g/mol. The Labute approximate surface area is 208 Å². The maximum atomic E-state index is 12.3. The van der Waals surface area contributed by atoms with Gasteiger partial charge in [0.2, 0.25) is 11.9 Å². The number of fused-ring (bicyclic) bond motifs is 1. The highest BCUT2D eigenvalue weighted by Crippen LogP contribution is 2.31. The monoisotopic (exact) mass is 482 g/mol. The third-order valence-electron chi connectivity index (χ3n) is 6.72. The summed E-state index contributed by atoms with van der Waals surface area (Å²) >= 11 is 0. The Kier molecular flexibility index (Phi) is 5.86. The molecule has 2 fully saturated rings. The highest BCUT2D eigenvalue weighted by Gasteiger charge is 2.25. The van der Waals surface area contributed by atoms with Gasteiger partial charge in [-0.2, -0.15) is 0 Å². The Morgan fingerprint density at radius 1 is 0.944 bits per heavy atom. The Morgan fingerprint density at radius 3 is 2.36 bits per heavy atom. The summed E-state index contributed by atoms with van der Waals surface area (Å²) in [5.41, 5.74) is 10.5. The zero-order valence-electron chi connectivity index (χ0n) is 19.7. The molecule has 1 amide bonds. The van der Waals surface area contributed by atoms with E-state index in [0.29, 0.717) is 24.6 Å². The van der Waals surface area contributed by atoms with E-state index in [2.05, 4.69) is 20.2 Å². The van der Waals surface area contributed by atoms with Crippen LogP contribution in [0, 0.1) is 5.92 Å². The van der Waals surface area contributed by atoms with E-state index in [1.54, 1.807) is 12.4 Å². The fraction of sp³-hybridized carbons (Fsp3) is 0.308. The molecule has 3 N–H and O–H groups in total. The number of rotatable bonds is 5. The number of carbonyl (C=O) groups excluding carboxylic acids is 1. The van der Waals surface area contributed by atoms with Crippen molar-refractivity contribution in [3.05, 3.63) is 48.9 Å². The summed E-state index contributed by atoms with van der Waals surface area (Å²) in [5.74, 6) is 1.72. The van der Waals surface area contributed by atoms with Crippen molar-refractivity contribution in [2.75, 3.05) is 42.3 Å². The van der Waals surface area contributed by atoms with Crippen molar-refractivity contribution >= 4 is 34.4 Å². The standard InChI is InChI=1S/C26H26N8O2/c27-26-29-14-19(15-30-26)23-32-21-12-18(13-28-22(21)24(33-23)34-8-10-36-11-9-34)16-4-6-20(7-5-16)31-25(35)17-2-1-3-17/h4-7,12-15,17H,1-3,8-11H2,(H,31,35)(H2,27,29,30). The zero-order chi connectivity index (χ0) is 24.5. The minimum absolute atomic E-state index is 0.105. The van der Waals surface area contributed by atoms with Crippen LogP contribution in [0.5, 0.6) is 0 Å². The van der Waals surface area contributed by atoms with E-state index in [0.717, 1.165) is 66.0 Å². The van der Waals surface area contributed by atoms with Crippen LogP contribution in [0.25, 0.3) is 33.5 Å². The fourth-order valence-corrected chi connectivity index (χ4v) is 4.40. The highest BCUT2D eigenvalue weighted by atomic mass is 16.5. The molecule has 182 valence electrons. The molecule has 0 bridgehead atoms. The van der Waals surface area contributed by atoms with Gasteiger partial charge in [-0.1, -0.05) is 18.6 Å². The number of aromatic nitrogens is 5.